The molecule has 0 unspecified atom stereocenters. The zero-order valence-corrected chi connectivity index (χ0v) is 11.4. The van der Waals surface area contributed by atoms with Gasteiger partial charge in [-0.15, -0.1) is 0 Å². The van der Waals surface area contributed by atoms with E-state index in [0.29, 0.717) is 11.3 Å². The van der Waals surface area contributed by atoms with Crippen LogP contribution in [-0.2, 0) is 0 Å². The maximum absolute atomic E-state index is 12.1. The van der Waals surface area contributed by atoms with Crippen LogP contribution in [0.3, 0.4) is 0 Å². The molecule has 1 aromatic carbocycles. The van der Waals surface area contributed by atoms with Crippen LogP contribution in [0.4, 0.5) is 5.69 Å². The minimum absolute atomic E-state index is 0.0262. The molecule has 2 aromatic rings. The third-order valence-electron chi connectivity index (χ3n) is 3.11. The number of benzene rings is 1. The summed E-state index contributed by atoms with van der Waals surface area (Å²) in [6.07, 6.45) is 1.42. The van der Waals surface area contributed by atoms with Crippen LogP contribution in [0.2, 0.25) is 0 Å². The molecule has 1 aromatic heterocycles. The Labute approximate surface area is 123 Å². The number of Topliss-reactive ketones (excluding diaryl/α,β-unsaturated/α-hetero) is 1. The first-order valence-corrected chi connectivity index (χ1v) is 6.29. The van der Waals surface area contributed by atoms with Crippen LogP contribution < -0.4 is 10.4 Å². The molecule has 0 amide bonds. The molecule has 0 aliphatic carbocycles. The molecule has 0 radical (unpaired) electrons. The molecular weight excluding hydrogens is 290 g/mol. The first-order valence-electron chi connectivity index (χ1n) is 6.29. The lowest BCUT2D eigenvalue weighted by Crippen LogP contribution is -2.10. The Morgan fingerprint density at radius 1 is 1.18 bits per heavy atom. The molecule has 3 rings (SSSR count). The number of rotatable bonds is 2. The fraction of sp³-hybridized carbons (Fsp3) is 0.0667. The zero-order chi connectivity index (χ0) is 15.9. The van der Waals surface area contributed by atoms with Crippen LogP contribution in [0.25, 0.3) is 6.08 Å². The quantitative estimate of drug-likeness (QED) is 0.480. The second kappa shape index (κ2) is 4.96. The lowest BCUT2D eigenvalue weighted by atomic mass is 10.1. The Bertz CT molecular complexity index is 876. The van der Waals surface area contributed by atoms with Crippen molar-refractivity contribution in [3.05, 3.63) is 73.5 Å². The van der Waals surface area contributed by atoms with Gasteiger partial charge in [0.25, 0.3) is 5.69 Å². The number of hydrogen-bond acceptors (Lipinski definition) is 6. The molecule has 7 heteroatoms. The van der Waals surface area contributed by atoms with Crippen molar-refractivity contribution in [2.24, 2.45) is 0 Å². The summed E-state index contributed by atoms with van der Waals surface area (Å²) in [5.74, 6) is -0.0936. The monoisotopic (exact) mass is 299 g/mol. The number of non-ortho nitro benzene ring substituents is 1. The highest BCUT2D eigenvalue weighted by atomic mass is 16.6. The van der Waals surface area contributed by atoms with Gasteiger partial charge in [-0.05, 0) is 30.7 Å². The van der Waals surface area contributed by atoms with Gasteiger partial charge < -0.3 is 9.15 Å². The summed E-state index contributed by atoms with van der Waals surface area (Å²) in [6.45, 7) is 1.58. The third-order valence-corrected chi connectivity index (χ3v) is 3.11. The molecule has 0 spiro atoms. The molecule has 1 aliphatic rings. The summed E-state index contributed by atoms with van der Waals surface area (Å²) < 4.78 is 10.3. The average molecular weight is 299 g/mol. The maximum Gasteiger partial charge on any atom is 0.351 e. The van der Waals surface area contributed by atoms with Crippen molar-refractivity contribution in [3.8, 4) is 5.75 Å². The Kier molecular flexibility index (Phi) is 3.10. The number of hydrogen-bond donors (Lipinski definition) is 0. The standard InChI is InChI=1S/C15H9NO6/c1-8-6-11-13(15(18)21-8)14(17)12(22-11)7-9-2-4-10(5-3-9)16(19)20/h2-7H,1H3/b12-7-. The molecule has 2 heterocycles. The van der Waals surface area contributed by atoms with E-state index in [1.54, 1.807) is 6.92 Å². The number of nitro groups is 1. The molecule has 0 saturated heterocycles. The van der Waals surface area contributed by atoms with Crippen LogP contribution in [0.5, 0.6) is 5.75 Å². The molecule has 0 atom stereocenters. The molecule has 0 bridgehead atoms. The van der Waals surface area contributed by atoms with E-state index in [1.807, 2.05) is 0 Å². The highest BCUT2D eigenvalue weighted by molar-refractivity contribution is 6.14. The minimum atomic E-state index is -0.743. The maximum atomic E-state index is 12.1. The molecular formula is C15H9NO6. The van der Waals surface area contributed by atoms with Crippen molar-refractivity contribution in [1.29, 1.82) is 0 Å². The van der Waals surface area contributed by atoms with Gasteiger partial charge in [0.2, 0.25) is 5.78 Å². The van der Waals surface area contributed by atoms with Crippen LogP contribution in [0.15, 0.2) is 45.3 Å². The van der Waals surface area contributed by atoms with E-state index in [2.05, 4.69) is 0 Å². The highest BCUT2D eigenvalue weighted by Crippen LogP contribution is 2.30. The Morgan fingerprint density at radius 2 is 1.86 bits per heavy atom. The van der Waals surface area contributed by atoms with Crippen molar-refractivity contribution >= 4 is 17.5 Å². The normalized spacial score (nSPS) is 14.8. The van der Waals surface area contributed by atoms with Gasteiger partial charge in [-0.1, -0.05) is 0 Å². The number of carbonyl (C=O) groups is 1. The SMILES string of the molecule is Cc1cc2c(c(=O)o1)C(=O)/C(=C/c1ccc([N+](=O)[O-])cc1)O2. The van der Waals surface area contributed by atoms with E-state index < -0.39 is 16.3 Å². The van der Waals surface area contributed by atoms with Crippen LogP contribution >= 0.6 is 0 Å². The first kappa shape index (κ1) is 13.7. The second-order valence-electron chi connectivity index (χ2n) is 4.67. The van der Waals surface area contributed by atoms with E-state index in [9.17, 15) is 19.7 Å². The third kappa shape index (κ3) is 2.28. The van der Waals surface area contributed by atoms with Gasteiger partial charge in [-0.3, -0.25) is 14.9 Å². The highest BCUT2D eigenvalue weighted by Gasteiger charge is 2.31. The van der Waals surface area contributed by atoms with Crippen molar-refractivity contribution in [3.63, 3.8) is 0 Å². The predicted octanol–water partition coefficient (Wildman–Crippen LogP) is 2.47. The molecule has 0 fully saturated rings. The molecule has 0 saturated carbocycles. The van der Waals surface area contributed by atoms with E-state index in [-0.39, 0.29) is 22.8 Å². The topological polar surface area (TPSA) is 99.7 Å². The summed E-state index contributed by atoms with van der Waals surface area (Å²) >= 11 is 0. The van der Waals surface area contributed by atoms with Gasteiger partial charge in [0.1, 0.15) is 11.5 Å². The van der Waals surface area contributed by atoms with Gasteiger partial charge in [-0.2, -0.15) is 0 Å². The van der Waals surface area contributed by atoms with Crippen molar-refractivity contribution in [1.82, 2.24) is 0 Å². The van der Waals surface area contributed by atoms with Crippen LogP contribution in [0.1, 0.15) is 21.7 Å². The van der Waals surface area contributed by atoms with Crippen molar-refractivity contribution in [2.75, 3.05) is 0 Å². The zero-order valence-electron chi connectivity index (χ0n) is 11.4. The number of nitro benzene ring substituents is 1. The summed E-state index contributed by atoms with van der Waals surface area (Å²) in [5.41, 5.74) is -0.394. The fourth-order valence-electron chi connectivity index (χ4n) is 2.10. The van der Waals surface area contributed by atoms with Crippen LogP contribution in [0, 0.1) is 17.0 Å². The number of ether oxygens (including phenoxy) is 1. The number of carbonyl (C=O) groups excluding carboxylic acids is 1. The van der Waals surface area contributed by atoms with Crippen LogP contribution in [-0.4, -0.2) is 10.7 Å². The van der Waals surface area contributed by atoms with E-state index >= 15 is 0 Å². The molecule has 0 N–H and O–H groups in total. The lowest BCUT2D eigenvalue weighted by molar-refractivity contribution is -0.384. The average Bonchev–Trinajstić information content (AvgIpc) is 2.75. The molecule has 110 valence electrons. The number of fused-ring (bicyclic) bond motifs is 1. The van der Waals surface area contributed by atoms with E-state index in [0.717, 1.165) is 0 Å². The molecule has 22 heavy (non-hydrogen) atoms. The second-order valence-corrected chi connectivity index (χ2v) is 4.67. The number of allylic oxidation sites excluding steroid dienone is 1. The van der Waals surface area contributed by atoms with Gasteiger partial charge in [0, 0.05) is 18.2 Å². The number of ketones is 1. The van der Waals surface area contributed by atoms with Gasteiger partial charge in [0.05, 0.1) is 4.92 Å². The predicted molar refractivity (Wildman–Crippen MR) is 75.7 cm³/mol. The lowest BCUT2D eigenvalue weighted by Gasteiger charge is -1.98. The Morgan fingerprint density at radius 3 is 2.50 bits per heavy atom. The van der Waals surface area contributed by atoms with E-state index in [4.69, 9.17) is 9.15 Å². The molecule has 7 nitrogen and oxygen atoms in total. The minimum Gasteiger partial charge on any atom is -0.452 e. The Balaban J connectivity index is 1.97. The largest absolute Gasteiger partial charge is 0.452 e. The number of nitrogens with zero attached hydrogens (tertiary/aromatic N) is 1. The van der Waals surface area contributed by atoms with Crippen molar-refractivity contribution in [2.45, 2.75) is 6.92 Å². The Hall–Kier alpha value is -3.22. The van der Waals surface area contributed by atoms with E-state index in [1.165, 1.54) is 36.4 Å². The van der Waals surface area contributed by atoms with Crippen molar-refractivity contribution < 1.29 is 18.9 Å². The van der Waals surface area contributed by atoms with Gasteiger partial charge >= 0.3 is 5.63 Å². The summed E-state index contributed by atoms with van der Waals surface area (Å²) in [6, 6.07) is 7.07. The summed E-state index contributed by atoms with van der Waals surface area (Å²) in [5, 5.41) is 10.6. The summed E-state index contributed by atoms with van der Waals surface area (Å²) in [7, 11) is 0. The first-order chi connectivity index (χ1) is 10.5. The fourth-order valence-corrected chi connectivity index (χ4v) is 2.10. The van der Waals surface area contributed by atoms with Gasteiger partial charge in [-0.25, -0.2) is 4.79 Å². The smallest absolute Gasteiger partial charge is 0.351 e. The summed E-state index contributed by atoms with van der Waals surface area (Å²) in [4.78, 5) is 33.9. The molecule has 1 aliphatic heterocycles. The van der Waals surface area contributed by atoms with Gasteiger partial charge in [0.15, 0.2) is 11.3 Å². The number of aryl methyl sites for hydroxylation is 1.